The van der Waals surface area contributed by atoms with E-state index in [1.807, 2.05) is 6.07 Å². The lowest BCUT2D eigenvalue weighted by Gasteiger charge is -2.23. The van der Waals surface area contributed by atoms with Crippen molar-refractivity contribution in [3.8, 4) is 12.1 Å². The Morgan fingerprint density at radius 3 is 2.27 bits per heavy atom. The second-order valence-electron chi connectivity index (χ2n) is 4.93. The number of hydrogen-bond acceptors (Lipinski definition) is 3. The van der Waals surface area contributed by atoms with Crippen molar-refractivity contribution >= 4 is 5.70 Å². The van der Waals surface area contributed by atoms with Gasteiger partial charge in [0.2, 0.25) is 0 Å². The van der Waals surface area contributed by atoms with E-state index < -0.39 is 17.0 Å². The predicted octanol–water partition coefficient (Wildman–Crippen LogP) is 2.98. The van der Waals surface area contributed by atoms with Crippen LogP contribution in [0, 0.1) is 34.3 Å². The molecule has 1 aliphatic rings. The van der Waals surface area contributed by atoms with Crippen molar-refractivity contribution in [2.75, 3.05) is 0 Å². The molecular weight excluding hydrogens is 284 g/mol. The largest absolute Gasteiger partial charge is 0.397 e. The van der Waals surface area contributed by atoms with E-state index in [9.17, 15) is 19.3 Å². The normalized spacial score (nSPS) is 19.5. The van der Waals surface area contributed by atoms with Gasteiger partial charge in [0.1, 0.15) is 17.0 Å². The van der Waals surface area contributed by atoms with Crippen LogP contribution in [0.25, 0.3) is 5.70 Å². The summed E-state index contributed by atoms with van der Waals surface area (Å²) in [4.78, 5) is 0. The van der Waals surface area contributed by atoms with Crippen LogP contribution in [0.2, 0.25) is 0 Å². The summed E-state index contributed by atoms with van der Waals surface area (Å²) in [6.07, 6.45) is 0. The predicted molar refractivity (Wildman–Crippen MR) is 75.9 cm³/mol. The first-order chi connectivity index (χ1) is 10.6. The Hall–Kier alpha value is -3.18. The van der Waals surface area contributed by atoms with Gasteiger partial charge in [-0.25, -0.2) is 8.78 Å². The van der Waals surface area contributed by atoms with Crippen LogP contribution >= 0.6 is 0 Å². The Bertz CT molecular complexity index is 886. The molecule has 5 heteroatoms. The molecule has 3 rings (SSSR count). The summed E-state index contributed by atoms with van der Waals surface area (Å²) < 4.78 is 27.3. The maximum Gasteiger partial charge on any atom is 0.145 e. The third-order valence-electron chi connectivity index (χ3n) is 3.89. The number of hydrogen-bond donors (Lipinski definition) is 1. The summed E-state index contributed by atoms with van der Waals surface area (Å²) in [5.74, 6) is -1.06. The summed E-state index contributed by atoms with van der Waals surface area (Å²) in [6.45, 7) is 0. The maximum absolute atomic E-state index is 14.1. The lowest BCUT2D eigenvalue weighted by Crippen LogP contribution is -2.26. The molecule has 0 radical (unpaired) electrons. The SMILES string of the molecule is N#CC1=C(N)c2c(F)cccc2[C@@]1(C#N)c1ccc(F)cc1. The van der Waals surface area contributed by atoms with E-state index in [0.717, 1.165) is 0 Å². The van der Waals surface area contributed by atoms with Crippen molar-refractivity contribution in [2.45, 2.75) is 5.41 Å². The van der Waals surface area contributed by atoms with Crippen LogP contribution in [-0.2, 0) is 5.41 Å². The summed E-state index contributed by atoms with van der Waals surface area (Å²) >= 11 is 0. The fourth-order valence-corrected chi connectivity index (χ4v) is 2.90. The highest BCUT2D eigenvalue weighted by molar-refractivity contribution is 5.86. The molecule has 0 bridgehead atoms. The van der Waals surface area contributed by atoms with Gasteiger partial charge >= 0.3 is 0 Å². The molecule has 22 heavy (non-hydrogen) atoms. The second kappa shape index (κ2) is 4.68. The van der Waals surface area contributed by atoms with E-state index >= 15 is 0 Å². The van der Waals surface area contributed by atoms with Crippen LogP contribution < -0.4 is 5.73 Å². The molecular formula is C17H9F2N3. The number of halogens is 2. The average Bonchev–Trinajstić information content (AvgIpc) is 2.78. The number of nitriles is 2. The standard InChI is InChI=1S/C17H9F2N3/c18-11-6-4-10(5-7-11)17(9-21)12-2-1-3-14(19)15(12)16(22)13(17)8-20/h1-7H,22H2/t17-/m1/s1. The number of rotatable bonds is 1. The molecule has 106 valence electrons. The van der Waals surface area contributed by atoms with Crippen molar-refractivity contribution in [3.63, 3.8) is 0 Å². The number of fused-ring (bicyclic) bond motifs is 1. The summed E-state index contributed by atoms with van der Waals surface area (Å²) in [7, 11) is 0. The third-order valence-corrected chi connectivity index (χ3v) is 3.89. The number of allylic oxidation sites excluding steroid dienone is 1. The summed E-state index contributed by atoms with van der Waals surface area (Å²) in [5, 5.41) is 19.2. The van der Waals surface area contributed by atoms with Crippen molar-refractivity contribution in [1.29, 1.82) is 10.5 Å². The fraction of sp³-hybridized carbons (Fsp3) is 0.0588. The zero-order chi connectivity index (χ0) is 15.9. The van der Waals surface area contributed by atoms with Gasteiger partial charge in [0.25, 0.3) is 0 Å². The first-order valence-electron chi connectivity index (χ1n) is 6.43. The zero-order valence-electron chi connectivity index (χ0n) is 11.3. The molecule has 0 saturated carbocycles. The molecule has 0 fully saturated rings. The third kappa shape index (κ3) is 1.57. The first-order valence-corrected chi connectivity index (χ1v) is 6.43. The van der Waals surface area contributed by atoms with E-state index in [4.69, 9.17) is 5.73 Å². The van der Waals surface area contributed by atoms with Crippen LogP contribution in [0.15, 0.2) is 48.0 Å². The maximum atomic E-state index is 14.1. The molecule has 0 unspecified atom stereocenters. The second-order valence-corrected chi connectivity index (χ2v) is 4.93. The first kappa shape index (κ1) is 13.8. The van der Waals surface area contributed by atoms with Gasteiger partial charge in [-0.15, -0.1) is 0 Å². The van der Waals surface area contributed by atoms with Gasteiger partial charge < -0.3 is 5.73 Å². The highest BCUT2D eigenvalue weighted by Crippen LogP contribution is 2.49. The van der Waals surface area contributed by atoms with Crippen LogP contribution in [0.1, 0.15) is 16.7 Å². The van der Waals surface area contributed by atoms with Gasteiger partial charge in [-0.1, -0.05) is 24.3 Å². The van der Waals surface area contributed by atoms with Gasteiger partial charge in [0, 0.05) is 5.56 Å². The lowest BCUT2D eigenvalue weighted by molar-refractivity contribution is 0.619. The lowest BCUT2D eigenvalue weighted by atomic mass is 9.73. The molecule has 0 aliphatic heterocycles. The average molecular weight is 293 g/mol. The number of nitrogens with two attached hydrogens (primary N) is 1. The molecule has 1 aliphatic carbocycles. The molecule has 0 aromatic heterocycles. The van der Waals surface area contributed by atoms with Gasteiger partial charge in [-0.3, -0.25) is 0 Å². The van der Waals surface area contributed by atoms with Crippen molar-refractivity contribution in [3.05, 3.63) is 76.4 Å². The van der Waals surface area contributed by atoms with Gasteiger partial charge in [0.05, 0.1) is 23.4 Å². The Labute approximate surface area is 125 Å². The van der Waals surface area contributed by atoms with Gasteiger partial charge in [-0.05, 0) is 29.3 Å². The highest BCUT2D eigenvalue weighted by atomic mass is 19.1. The Morgan fingerprint density at radius 1 is 1.00 bits per heavy atom. The topological polar surface area (TPSA) is 73.6 Å². The molecule has 0 heterocycles. The number of nitrogens with zero attached hydrogens (tertiary/aromatic N) is 2. The number of benzene rings is 2. The van der Waals surface area contributed by atoms with Crippen LogP contribution in [-0.4, -0.2) is 0 Å². The van der Waals surface area contributed by atoms with Crippen molar-refractivity contribution in [2.24, 2.45) is 5.73 Å². The van der Waals surface area contributed by atoms with E-state index in [2.05, 4.69) is 6.07 Å². The molecule has 3 nitrogen and oxygen atoms in total. The van der Waals surface area contributed by atoms with E-state index in [1.165, 1.54) is 36.4 Å². The fourth-order valence-electron chi connectivity index (χ4n) is 2.90. The highest BCUT2D eigenvalue weighted by Gasteiger charge is 2.48. The van der Waals surface area contributed by atoms with E-state index in [1.54, 1.807) is 6.07 Å². The zero-order valence-corrected chi connectivity index (χ0v) is 11.3. The van der Waals surface area contributed by atoms with Gasteiger partial charge in [0.15, 0.2) is 0 Å². The molecule has 2 aromatic carbocycles. The minimum Gasteiger partial charge on any atom is -0.397 e. The minimum absolute atomic E-state index is 0.0401. The molecule has 2 N–H and O–H groups in total. The van der Waals surface area contributed by atoms with Gasteiger partial charge in [-0.2, -0.15) is 10.5 Å². The molecule has 2 aromatic rings. The molecule has 0 saturated heterocycles. The van der Waals surface area contributed by atoms with Crippen LogP contribution in [0.4, 0.5) is 8.78 Å². The quantitative estimate of drug-likeness (QED) is 0.878. The van der Waals surface area contributed by atoms with Crippen molar-refractivity contribution in [1.82, 2.24) is 0 Å². The molecule has 0 spiro atoms. The van der Waals surface area contributed by atoms with Crippen LogP contribution in [0.3, 0.4) is 0 Å². The molecule has 0 amide bonds. The summed E-state index contributed by atoms with van der Waals surface area (Å²) in [6, 6.07) is 13.4. The Balaban J connectivity index is 2.43. The Kier molecular flexibility index (Phi) is 2.93. The van der Waals surface area contributed by atoms with Crippen molar-refractivity contribution < 1.29 is 8.78 Å². The monoisotopic (exact) mass is 293 g/mol. The summed E-state index contributed by atoms with van der Waals surface area (Å²) in [5.41, 5.74) is 5.03. The Morgan fingerprint density at radius 2 is 1.68 bits per heavy atom. The smallest absolute Gasteiger partial charge is 0.145 e. The molecule has 1 atom stereocenters. The van der Waals surface area contributed by atoms with E-state index in [-0.39, 0.29) is 16.8 Å². The minimum atomic E-state index is -1.52. The van der Waals surface area contributed by atoms with Crippen LogP contribution in [0.5, 0.6) is 0 Å². The van der Waals surface area contributed by atoms with E-state index in [0.29, 0.717) is 11.1 Å².